The molecule has 0 spiro atoms. The van der Waals surface area contributed by atoms with Crippen LogP contribution in [0.4, 0.5) is 0 Å². The molecule has 28 heavy (non-hydrogen) atoms. The predicted molar refractivity (Wildman–Crippen MR) is 100 cm³/mol. The lowest BCUT2D eigenvalue weighted by Gasteiger charge is -2.09. The third kappa shape index (κ3) is 13.0. The molecule has 0 aliphatic carbocycles. The summed E-state index contributed by atoms with van der Waals surface area (Å²) < 4.78 is 21.0. The topological polar surface area (TPSA) is 124 Å². The number of carboxylic acids is 1. The average Bonchev–Trinajstić information content (AvgIpc) is 2.69. The number of hydrogen-bond acceptors (Lipinski definition) is 7. The van der Waals surface area contributed by atoms with Gasteiger partial charge >= 0.3 is 5.97 Å². The number of benzene rings is 1. The Balaban J connectivity index is 1.98. The highest BCUT2D eigenvalue weighted by Crippen LogP contribution is 2.13. The van der Waals surface area contributed by atoms with E-state index < -0.39 is 5.97 Å². The van der Waals surface area contributed by atoms with E-state index in [9.17, 15) is 9.59 Å². The molecule has 0 unspecified atom stereocenters. The van der Waals surface area contributed by atoms with Crippen molar-refractivity contribution in [3.63, 3.8) is 0 Å². The number of amides is 1. The van der Waals surface area contributed by atoms with Crippen molar-refractivity contribution in [2.45, 2.75) is 12.8 Å². The normalized spacial score (nSPS) is 10.6. The fourth-order valence-corrected chi connectivity index (χ4v) is 2.07. The highest BCUT2D eigenvalue weighted by atomic mass is 16.5. The maximum atomic E-state index is 11.7. The van der Waals surface area contributed by atoms with Crippen molar-refractivity contribution in [3.8, 4) is 5.75 Å². The van der Waals surface area contributed by atoms with Gasteiger partial charge in [-0.1, -0.05) is 12.1 Å². The van der Waals surface area contributed by atoms with Gasteiger partial charge in [0.15, 0.2) is 6.61 Å². The molecule has 1 aromatic carbocycles. The van der Waals surface area contributed by atoms with Gasteiger partial charge in [-0.3, -0.25) is 9.59 Å². The minimum atomic E-state index is -0.836. The highest BCUT2D eigenvalue weighted by Gasteiger charge is 2.03. The Morgan fingerprint density at radius 1 is 0.893 bits per heavy atom. The van der Waals surface area contributed by atoms with Crippen molar-refractivity contribution in [1.29, 1.82) is 0 Å². The molecule has 0 saturated carbocycles. The Labute approximate surface area is 164 Å². The largest absolute Gasteiger partial charge is 0.484 e. The van der Waals surface area contributed by atoms with Crippen molar-refractivity contribution < 1.29 is 38.7 Å². The zero-order valence-corrected chi connectivity index (χ0v) is 15.9. The molecule has 158 valence electrons. The standard InChI is InChI=1S/C19H29NO8/c21-8-10-26-12-14-27-13-11-25-9-7-20-18(22)15-28-17-4-1-16(2-5-17)3-6-19(23)24/h1-2,4-5,21H,3,6-15H2,(H,20,22)(H,23,24). The monoisotopic (exact) mass is 399 g/mol. The third-order valence-corrected chi connectivity index (χ3v) is 3.47. The fourth-order valence-electron chi connectivity index (χ4n) is 2.07. The molecule has 0 radical (unpaired) electrons. The molecule has 1 rings (SSSR count). The summed E-state index contributed by atoms with van der Waals surface area (Å²) in [6, 6.07) is 6.99. The van der Waals surface area contributed by atoms with E-state index in [0.29, 0.717) is 58.4 Å². The first kappa shape index (κ1) is 23.8. The Kier molecular flexibility index (Phi) is 13.5. The molecule has 0 bridgehead atoms. The Morgan fingerprint density at radius 2 is 1.50 bits per heavy atom. The number of nitrogens with one attached hydrogen (secondary N) is 1. The molecular formula is C19H29NO8. The van der Waals surface area contributed by atoms with Crippen LogP contribution in [0.3, 0.4) is 0 Å². The van der Waals surface area contributed by atoms with Crippen molar-refractivity contribution >= 4 is 11.9 Å². The Bertz CT molecular complexity index is 549. The van der Waals surface area contributed by atoms with E-state index in [4.69, 9.17) is 29.2 Å². The number of ether oxygens (including phenoxy) is 4. The molecule has 1 amide bonds. The van der Waals surface area contributed by atoms with Crippen molar-refractivity contribution in [2.75, 3.05) is 59.4 Å². The lowest BCUT2D eigenvalue weighted by molar-refractivity contribution is -0.137. The summed E-state index contributed by atoms with van der Waals surface area (Å²) in [4.78, 5) is 22.2. The molecular weight excluding hydrogens is 370 g/mol. The van der Waals surface area contributed by atoms with Gasteiger partial charge in [0.2, 0.25) is 0 Å². The van der Waals surface area contributed by atoms with Gasteiger partial charge in [-0.25, -0.2) is 0 Å². The first-order valence-corrected chi connectivity index (χ1v) is 9.16. The van der Waals surface area contributed by atoms with E-state index in [1.807, 2.05) is 0 Å². The molecule has 0 fully saturated rings. The second-order valence-corrected chi connectivity index (χ2v) is 5.74. The molecule has 9 nitrogen and oxygen atoms in total. The summed E-state index contributed by atoms with van der Waals surface area (Å²) in [6.07, 6.45) is 0.536. The van der Waals surface area contributed by atoms with Crippen LogP contribution in [-0.2, 0) is 30.2 Å². The van der Waals surface area contributed by atoms with E-state index in [-0.39, 0.29) is 25.5 Å². The minimum absolute atomic E-state index is 0.000743. The van der Waals surface area contributed by atoms with Gasteiger partial charge in [0.1, 0.15) is 5.75 Å². The summed E-state index contributed by atoms with van der Waals surface area (Å²) in [7, 11) is 0. The summed E-state index contributed by atoms with van der Waals surface area (Å²) in [5, 5.41) is 19.9. The molecule has 1 aromatic rings. The Morgan fingerprint density at radius 3 is 2.11 bits per heavy atom. The van der Waals surface area contributed by atoms with E-state index in [1.165, 1.54) is 0 Å². The number of rotatable bonds is 17. The van der Waals surface area contributed by atoms with Crippen LogP contribution in [0.1, 0.15) is 12.0 Å². The van der Waals surface area contributed by atoms with Gasteiger partial charge in [-0.2, -0.15) is 0 Å². The van der Waals surface area contributed by atoms with Crippen LogP contribution in [0.25, 0.3) is 0 Å². The molecule has 9 heteroatoms. The molecule has 0 atom stereocenters. The zero-order chi connectivity index (χ0) is 20.5. The van der Waals surface area contributed by atoms with Crippen LogP contribution in [0, 0.1) is 0 Å². The summed E-state index contributed by atoms with van der Waals surface area (Å²) >= 11 is 0. The number of aryl methyl sites for hydroxylation is 1. The maximum absolute atomic E-state index is 11.7. The summed E-state index contributed by atoms with van der Waals surface area (Å²) in [5.41, 5.74) is 0.901. The fraction of sp³-hybridized carbons (Fsp3) is 0.579. The van der Waals surface area contributed by atoms with Crippen LogP contribution >= 0.6 is 0 Å². The lowest BCUT2D eigenvalue weighted by atomic mass is 10.1. The first-order valence-electron chi connectivity index (χ1n) is 9.16. The number of carbonyl (C=O) groups excluding carboxylic acids is 1. The van der Waals surface area contributed by atoms with Crippen molar-refractivity contribution in [2.24, 2.45) is 0 Å². The summed E-state index contributed by atoms with van der Waals surface area (Å²) in [5.74, 6) is -0.543. The maximum Gasteiger partial charge on any atom is 0.303 e. The SMILES string of the molecule is O=C(O)CCc1ccc(OCC(=O)NCCOCCOCCOCCO)cc1. The van der Waals surface area contributed by atoms with E-state index in [1.54, 1.807) is 24.3 Å². The highest BCUT2D eigenvalue weighted by molar-refractivity contribution is 5.77. The van der Waals surface area contributed by atoms with Gasteiger partial charge < -0.3 is 34.5 Å². The number of aliphatic hydroxyl groups is 1. The van der Waals surface area contributed by atoms with Crippen LogP contribution < -0.4 is 10.1 Å². The van der Waals surface area contributed by atoms with Crippen molar-refractivity contribution in [3.05, 3.63) is 29.8 Å². The summed E-state index contributed by atoms with van der Waals surface area (Å²) in [6.45, 7) is 2.67. The molecule has 0 heterocycles. The van der Waals surface area contributed by atoms with Crippen LogP contribution in [0.15, 0.2) is 24.3 Å². The lowest BCUT2D eigenvalue weighted by Crippen LogP contribution is -2.31. The smallest absolute Gasteiger partial charge is 0.303 e. The number of carboxylic acid groups (broad SMARTS) is 1. The van der Waals surface area contributed by atoms with Gasteiger partial charge in [-0.15, -0.1) is 0 Å². The quantitative estimate of drug-likeness (QED) is 0.318. The van der Waals surface area contributed by atoms with Crippen LogP contribution in [0.5, 0.6) is 5.75 Å². The van der Waals surface area contributed by atoms with E-state index in [0.717, 1.165) is 5.56 Å². The number of carbonyl (C=O) groups is 2. The van der Waals surface area contributed by atoms with Gasteiger partial charge in [-0.05, 0) is 24.1 Å². The Hall–Kier alpha value is -2.20. The van der Waals surface area contributed by atoms with Gasteiger partial charge in [0.05, 0.1) is 46.2 Å². The van der Waals surface area contributed by atoms with Gasteiger partial charge in [0.25, 0.3) is 5.91 Å². The van der Waals surface area contributed by atoms with Crippen LogP contribution in [0.2, 0.25) is 0 Å². The predicted octanol–water partition coefficient (Wildman–Crippen LogP) is 0.241. The van der Waals surface area contributed by atoms with Crippen molar-refractivity contribution in [1.82, 2.24) is 5.32 Å². The van der Waals surface area contributed by atoms with E-state index >= 15 is 0 Å². The molecule has 0 saturated heterocycles. The number of aliphatic carboxylic acids is 1. The molecule has 3 N–H and O–H groups in total. The average molecular weight is 399 g/mol. The molecule has 0 aliphatic heterocycles. The van der Waals surface area contributed by atoms with Gasteiger partial charge in [0, 0.05) is 13.0 Å². The second kappa shape index (κ2) is 15.8. The zero-order valence-electron chi connectivity index (χ0n) is 15.9. The molecule has 0 aliphatic rings. The first-order chi connectivity index (χ1) is 13.6. The number of aliphatic hydroxyl groups excluding tert-OH is 1. The second-order valence-electron chi connectivity index (χ2n) is 5.74. The molecule has 0 aromatic heterocycles. The third-order valence-electron chi connectivity index (χ3n) is 3.47. The van der Waals surface area contributed by atoms with E-state index in [2.05, 4.69) is 5.32 Å². The number of hydrogen-bond donors (Lipinski definition) is 3. The van der Waals surface area contributed by atoms with Crippen LogP contribution in [-0.4, -0.2) is 81.5 Å². The minimum Gasteiger partial charge on any atom is -0.484 e.